The summed E-state index contributed by atoms with van der Waals surface area (Å²) in [5.74, 6) is 0.782. The zero-order valence-electron chi connectivity index (χ0n) is 12.2. The molecule has 2 nitrogen and oxygen atoms in total. The van der Waals surface area contributed by atoms with Crippen molar-refractivity contribution in [2.24, 2.45) is 0 Å². The van der Waals surface area contributed by atoms with Crippen molar-refractivity contribution in [3.8, 4) is 28.0 Å². The van der Waals surface area contributed by atoms with E-state index in [1.807, 2.05) is 36.4 Å². The van der Waals surface area contributed by atoms with E-state index in [2.05, 4.69) is 37.3 Å². The first-order valence-corrected chi connectivity index (χ1v) is 8.42. The highest BCUT2D eigenvalue weighted by Crippen LogP contribution is 2.50. The lowest BCUT2D eigenvalue weighted by Gasteiger charge is -2.26. The Morgan fingerprint density at radius 3 is 2.32 bits per heavy atom. The minimum absolute atomic E-state index is 0.782. The summed E-state index contributed by atoms with van der Waals surface area (Å²) >= 11 is 0. The molecule has 0 fully saturated rings. The summed E-state index contributed by atoms with van der Waals surface area (Å²) in [6, 6.07) is 22.3. The number of fused-ring (bicyclic) bond motifs is 3. The number of hydrogen-bond donors (Lipinski definition) is 1. The number of hydrogen-bond acceptors (Lipinski definition) is 2. The van der Waals surface area contributed by atoms with E-state index in [9.17, 15) is 4.89 Å². The Balaban J connectivity index is 2.01. The summed E-state index contributed by atoms with van der Waals surface area (Å²) in [7, 11) is -1.61. The van der Waals surface area contributed by atoms with Gasteiger partial charge in [-0.05, 0) is 41.8 Å². The SMILES string of the molecule is Cc1cc(-c2ccccc2)c2c(c1)-c1ccccc1P(O)O2. The third kappa shape index (κ3) is 2.12. The second kappa shape index (κ2) is 5.24. The summed E-state index contributed by atoms with van der Waals surface area (Å²) in [6.45, 7) is 2.09. The molecular formula is C19H15O2P. The predicted octanol–water partition coefficient (Wildman–Crippen LogP) is 4.65. The van der Waals surface area contributed by atoms with Gasteiger partial charge in [-0.15, -0.1) is 0 Å². The van der Waals surface area contributed by atoms with Crippen LogP contribution >= 0.6 is 8.38 Å². The Kier molecular flexibility index (Phi) is 3.22. The number of benzene rings is 3. The summed E-state index contributed by atoms with van der Waals surface area (Å²) in [5.41, 5.74) is 5.44. The van der Waals surface area contributed by atoms with Gasteiger partial charge in [0.1, 0.15) is 5.75 Å². The van der Waals surface area contributed by atoms with E-state index < -0.39 is 8.38 Å². The first kappa shape index (κ1) is 13.5. The average Bonchev–Trinajstić information content (AvgIpc) is 2.56. The van der Waals surface area contributed by atoms with Crippen molar-refractivity contribution < 1.29 is 9.42 Å². The third-order valence-electron chi connectivity index (χ3n) is 3.90. The van der Waals surface area contributed by atoms with Crippen molar-refractivity contribution in [1.29, 1.82) is 0 Å². The lowest BCUT2D eigenvalue weighted by atomic mass is 9.95. The normalized spacial score (nSPS) is 15.6. The van der Waals surface area contributed by atoms with Crippen LogP contribution in [-0.2, 0) is 0 Å². The molecule has 3 aromatic rings. The zero-order chi connectivity index (χ0) is 15.1. The molecule has 22 heavy (non-hydrogen) atoms. The van der Waals surface area contributed by atoms with Crippen LogP contribution in [0, 0.1) is 6.92 Å². The molecule has 1 aliphatic rings. The lowest BCUT2D eigenvalue weighted by molar-refractivity contribution is 0.499. The fourth-order valence-electron chi connectivity index (χ4n) is 2.91. The van der Waals surface area contributed by atoms with Crippen LogP contribution in [0.3, 0.4) is 0 Å². The smallest absolute Gasteiger partial charge is 0.262 e. The van der Waals surface area contributed by atoms with E-state index >= 15 is 0 Å². The minimum Gasteiger partial charge on any atom is -0.443 e. The predicted molar refractivity (Wildman–Crippen MR) is 91.5 cm³/mol. The van der Waals surface area contributed by atoms with E-state index in [1.54, 1.807) is 0 Å². The molecule has 0 saturated heterocycles. The van der Waals surface area contributed by atoms with Gasteiger partial charge in [-0.2, -0.15) is 0 Å². The topological polar surface area (TPSA) is 29.5 Å². The highest BCUT2D eigenvalue weighted by atomic mass is 31.2. The standard InChI is InChI=1S/C19H15O2P/c1-13-11-16(14-7-3-2-4-8-14)19-17(12-13)15-9-5-6-10-18(15)22(20)21-19/h2-12,20H,1H3. The second-order valence-corrected chi connectivity index (χ2v) is 6.65. The van der Waals surface area contributed by atoms with E-state index in [4.69, 9.17) is 4.52 Å². The van der Waals surface area contributed by atoms with Crippen molar-refractivity contribution in [3.05, 3.63) is 72.3 Å². The van der Waals surface area contributed by atoms with Crippen LogP contribution in [-0.4, -0.2) is 4.89 Å². The molecule has 0 aliphatic carbocycles. The van der Waals surface area contributed by atoms with Crippen LogP contribution in [0.4, 0.5) is 0 Å². The molecule has 1 N–H and O–H groups in total. The van der Waals surface area contributed by atoms with Gasteiger partial charge in [-0.25, -0.2) is 0 Å². The van der Waals surface area contributed by atoms with Crippen LogP contribution in [0.25, 0.3) is 22.3 Å². The Morgan fingerprint density at radius 2 is 1.50 bits per heavy atom. The van der Waals surface area contributed by atoms with Gasteiger partial charge in [-0.1, -0.05) is 48.5 Å². The van der Waals surface area contributed by atoms with Gasteiger partial charge in [0, 0.05) is 11.1 Å². The lowest BCUT2D eigenvalue weighted by Crippen LogP contribution is -2.14. The summed E-state index contributed by atoms with van der Waals surface area (Å²) in [6.07, 6.45) is 0. The molecule has 1 heterocycles. The molecule has 0 bridgehead atoms. The summed E-state index contributed by atoms with van der Waals surface area (Å²) in [4.78, 5) is 10.4. The van der Waals surface area contributed by atoms with Gasteiger partial charge in [0.2, 0.25) is 0 Å². The maximum absolute atomic E-state index is 10.4. The molecule has 4 rings (SSSR count). The molecule has 1 aliphatic heterocycles. The number of rotatable bonds is 1. The Bertz CT molecular complexity index is 826. The molecule has 0 spiro atoms. The Morgan fingerprint density at radius 1 is 0.818 bits per heavy atom. The largest absolute Gasteiger partial charge is 0.443 e. The average molecular weight is 306 g/mol. The minimum atomic E-state index is -1.61. The fourth-order valence-corrected chi connectivity index (χ4v) is 3.99. The summed E-state index contributed by atoms with van der Waals surface area (Å²) < 4.78 is 5.92. The van der Waals surface area contributed by atoms with Gasteiger partial charge in [0.25, 0.3) is 8.38 Å². The highest BCUT2D eigenvalue weighted by molar-refractivity contribution is 7.56. The van der Waals surface area contributed by atoms with Gasteiger partial charge in [0.05, 0.1) is 5.30 Å². The maximum atomic E-state index is 10.4. The van der Waals surface area contributed by atoms with Crippen LogP contribution in [0.15, 0.2) is 66.7 Å². The molecule has 0 aromatic heterocycles. The third-order valence-corrected chi connectivity index (χ3v) is 5.05. The summed E-state index contributed by atoms with van der Waals surface area (Å²) in [5, 5.41) is 0.884. The molecule has 0 saturated carbocycles. The van der Waals surface area contributed by atoms with E-state index in [0.29, 0.717) is 0 Å². The van der Waals surface area contributed by atoms with Gasteiger partial charge < -0.3 is 9.42 Å². The highest BCUT2D eigenvalue weighted by Gasteiger charge is 2.27. The van der Waals surface area contributed by atoms with Crippen LogP contribution < -0.4 is 9.83 Å². The fraction of sp³-hybridized carbons (Fsp3) is 0.0526. The zero-order valence-corrected chi connectivity index (χ0v) is 13.0. The first-order valence-electron chi connectivity index (χ1n) is 7.20. The van der Waals surface area contributed by atoms with Gasteiger partial charge in [-0.3, -0.25) is 0 Å². The van der Waals surface area contributed by atoms with E-state index in [0.717, 1.165) is 33.3 Å². The van der Waals surface area contributed by atoms with Crippen LogP contribution in [0.5, 0.6) is 5.75 Å². The molecular weight excluding hydrogens is 291 g/mol. The maximum Gasteiger partial charge on any atom is 0.262 e. The molecule has 3 aromatic carbocycles. The van der Waals surface area contributed by atoms with Crippen molar-refractivity contribution >= 4 is 13.7 Å². The quantitative estimate of drug-likeness (QED) is 0.663. The molecule has 3 heteroatoms. The van der Waals surface area contributed by atoms with Crippen molar-refractivity contribution in [2.45, 2.75) is 6.92 Å². The van der Waals surface area contributed by atoms with E-state index in [1.165, 1.54) is 5.56 Å². The van der Waals surface area contributed by atoms with Crippen molar-refractivity contribution in [1.82, 2.24) is 0 Å². The second-order valence-electron chi connectivity index (χ2n) is 5.44. The molecule has 1 unspecified atom stereocenters. The Hall–Kier alpha value is -2.15. The molecule has 108 valence electrons. The van der Waals surface area contributed by atoms with Crippen LogP contribution in [0.2, 0.25) is 0 Å². The number of aryl methyl sites for hydroxylation is 1. The van der Waals surface area contributed by atoms with Crippen molar-refractivity contribution in [3.63, 3.8) is 0 Å². The van der Waals surface area contributed by atoms with Gasteiger partial charge >= 0.3 is 0 Å². The molecule has 0 radical (unpaired) electrons. The molecule has 1 atom stereocenters. The van der Waals surface area contributed by atoms with Gasteiger partial charge in [0.15, 0.2) is 0 Å². The molecule has 0 amide bonds. The van der Waals surface area contributed by atoms with E-state index in [-0.39, 0.29) is 0 Å². The monoisotopic (exact) mass is 306 g/mol. The van der Waals surface area contributed by atoms with Crippen molar-refractivity contribution in [2.75, 3.05) is 0 Å². The van der Waals surface area contributed by atoms with Crippen LogP contribution in [0.1, 0.15) is 5.56 Å². The first-order chi connectivity index (χ1) is 10.7. The Labute approximate surface area is 130 Å².